The van der Waals surface area contributed by atoms with E-state index in [9.17, 15) is 18.0 Å². The van der Waals surface area contributed by atoms with Gasteiger partial charge in [-0.2, -0.15) is 0 Å². The lowest BCUT2D eigenvalue weighted by Gasteiger charge is -2.35. The molecule has 3 aromatic carbocycles. The molecule has 4 rings (SSSR count). The molecule has 1 N–H and O–H groups in total. The monoisotopic (exact) mass is 621 g/mol. The van der Waals surface area contributed by atoms with Gasteiger partial charge in [0.25, 0.3) is 0 Å². The number of anilines is 1. The molecule has 1 saturated carbocycles. The number of amides is 2. The Morgan fingerprint density at radius 1 is 0.909 bits per heavy atom. The van der Waals surface area contributed by atoms with Crippen LogP contribution in [0.25, 0.3) is 0 Å². The molecule has 0 saturated heterocycles. The van der Waals surface area contributed by atoms with Gasteiger partial charge in [-0.25, -0.2) is 8.42 Å². The van der Waals surface area contributed by atoms with Crippen molar-refractivity contribution >= 4 is 27.5 Å². The maximum atomic E-state index is 14.3. The van der Waals surface area contributed by atoms with Crippen molar-refractivity contribution in [1.29, 1.82) is 0 Å². The fraction of sp³-hybridized carbons (Fsp3) is 0.412. The lowest BCUT2D eigenvalue weighted by Crippen LogP contribution is -2.55. The quantitative estimate of drug-likeness (QED) is 0.273. The highest BCUT2D eigenvalue weighted by molar-refractivity contribution is 7.92. The van der Waals surface area contributed by atoms with E-state index in [1.54, 1.807) is 31.4 Å². The number of sulfonamides is 1. The Balaban J connectivity index is 1.71. The minimum atomic E-state index is -3.86. The summed E-state index contributed by atoms with van der Waals surface area (Å²) in [6.07, 6.45) is 6.38. The Hall–Kier alpha value is -4.05. The van der Waals surface area contributed by atoms with Gasteiger partial charge in [-0.1, -0.05) is 61.7 Å². The summed E-state index contributed by atoms with van der Waals surface area (Å²) < 4.78 is 38.1. The number of nitrogens with zero attached hydrogens (tertiary/aromatic N) is 2. The van der Waals surface area contributed by atoms with Crippen LogP contribution in [0.2, 0.25) is 0 Å². The van der Waals surface area contributed by atoms with E-state index in [-0.39, 0.29) is 24.9 Å². The smallest absolute Gasteiger partial charge is 0.244 e. The molecule has 10 heteroatoms. The van der Waals surface area contributed by atoms with Gasteiger partial charge in [0, 0.05) is 19.0 Å². The first-order valence-electron chi connectivity index (χ1n) is 15.1. The Morgan fingerprint density at radius 3 is 2.23 bits per heavy atom. The maximum absolute atomic E-state index is 14.3. The summed E-state index contributed by atoms with van der Waals surface area (Å²) in [7, 11) is -2.29. The molecule has 9 nitrogen and oxygen atoms in total. The topological polar surface area (TPSA) is 105 Å². The summed E-state index contributed by atoms with van der Waals surface area (Å²) in [5.74, 6) is 0.474. The van der Waals surface area contributed by atoms with Crippen LogP contribution in [0.1, 0.15) is 50.2 Å². The average molecular weight is 622 g/mol. The third kappa shape index (κ3) is 9.22. The van der Waals surface area contributed by atoms with Crippen LogP contribution in [0.5, 0.6) is 11.5 Å². The first-order valence-corrected chi connectivity index (χ1v) is 17.0. The van der Waals surface area contributed by atoms with Crippen LogP contribution in [-0.2, 0) is 32.6 Å². The summed E-state index contributed by atoms with van der Waals surface area (Å²) in [5.41, 5.74) is 1.98. The van der Waals surface area contributed by atoms with E-state index >= 15 is 0 Å². The zero-order chi connectivity index (χ0) is 31.5. The summed E-state index contributed by atoms with van der Waals surface area (Å²) in [4.78, 5) is 29.9. The molecule has 1 unspecified atom stereocenters. The normalized spacial score (nSPS) is 14.3. The van der Waals surface area contributed by atoms with Crippen molar-refractivity contribution in [3.05, 3.63) is 90.0 Å². The second-order valence-electron chi connectivity index (χ2n) is 11.1. The number of nitrogens with one attached hydrogen (secondary N) is 1. The molecule has 3 aromatic rings. The highest BCUT2D eigenvalue weighted by atomic mass is 32.2. The molecule has 1 fully saturated rings. The van der Waals surface area contributed by atoms with Gasteiger partial charge in [0.15, 0.2) is 0 Å². The number of carbonyl (C=O) groups is 2. The number of benzene rings is 3. The average Bonchev–Trinajstić information content (AvgIpc) is 3.02. The van der Waals surface area contributed by atoms with E-state index in [0.29, 0.717) is 23.8 Å². The second kappa shape index (κ2) is 15.6. The van der Waals surface area contributed by atoms with E-state index in [1.165, 1.54) is 4.90 Å². The molecule has 0 bridgehead atoms. The molecule has 0 radical (unpaired) electrons. The maximum Gasteiger partial charge on any atom is 0.244 e. The van der Waals surface area contributed by atoms with Gasteiger partial charge in [0.05, 0.1) is 25.7 Å². The van der Waals surface area contributed by atoms with Crippen molar-refractivity contribution in [3.63, 3.8) is 0 Å². The van der Waals surface area contributed by atoms with Gasteiger partial charge >= 0.3 is 0 Å². The standard InChI is InChI=1S/C34H43N3O6S/c1-4-43-30-20-18-29(19-21-30)37(44(3,40)41)25-33(38)36(24-27-14-11-17-31(22-27)42-2)32(23-26-12-7-5-8-13-26)34(39)35-28-15-9-6-10-16-28/h5,7-8,11-14,17-22,28,32H,4,6,9-10,15-16,23-25H2,1-3H3,(H,35,39). The van der Waals surface area contributed by atoms with Crippen molar-refractivity contribution in [2.75, 3.05) is 30.8 Å². The Morgan fingerprint density at radius 2 is 1.59 bits per heavy atom. The minimum Gasteiger partial charge on any atom is -0.497 e. The number of methoxy groups -OCH3 is 1. The Bertz CT molecular complexity index is 1470. The minimum absolute atomic E-state index is 0.0414. The molecule has 0 spiro atoms. The van der Waals surface area contributed by atoms with Crippen molar-refractivity contribution in [1.82, 2.24) is 10.2 Å². The first kappa shape index (κ1) is 32.9. The molecule has 1 aliphatic rings. The van der Waals surface area contributed by atoms with E-state index in [1.807, 2.05) is 61.5 Å². The van der Waals surface area contributed by atoms with Crippen LogP contribution >= 0.6 is 0 Å². The van der Waals surface area contributed by atoms with Gasteiger partial charge in [-0.3, -0.25) is 13.9 Å². The molecular formula is C34H43N3O6S. The number of ether oxygens (including phenoxy) is 2. The van der Waals surface area contributed by atoms with Crippen LogP contribution < -0.4 is 19.1 Å². The summed E-state index contributed by atoms with van der Waals surface area (Å²) >= 11 is 0. The Labute approximate surface area is 261 Å². The van der Waals surface area contributed by atoms with Crippen molar-refractivity contribution in [3.8, 4) is 11.5 Å². The number of hydrogen-bond acceptors (Lipinski definition) is 6. The fourth-order valence-electron chi connectivity index (χ4n) is 5.55. The third-order valence-electron chi connectivity index (χ3n) is 7.82. The van der Waals surface area contributed by atoms with Crippen molar-refractivity contribution in [2.45, 2.75) is 64.1 Å². The fourth-order valence-corrected chi connectivity index (χ4v) is 6.40. The molecular weight excluding hydrogens is 578 g/mol. The number of rotatable bonds is 14. The summed E-state index contributed by atoms with van der Waals surface area (Å²) in [5, 5.41) is 3.21. The largest absolute Gasteiger partial charge is 0.497 e. The molecule has 44 heavy (non-hydrogen) atoms. The zero-order valence-corrected chi connectivity index (χ0v) is 26.6. The van der Waals surface area contributed by atoms with Crippen LogP contribution in [0.4, 0.5) is 5.69 Å². The van der Waals surface area contributed by atoms with E-state index in [2.05, 4.69) is 5.32 Å². The number of hydrogen-bond donors (Lipinski definition) is 1. The molecule has 236 valence electrons. The molecule has 2 amide bonds. The molecule has 0 aliphatic heterocycles. The highest BCUT2D eigenvalue weighted by Crippen LogP contribution is 2.24. The van der Waals surface area contributed by atoms with Gasteiger partial charge in [0.2, 0.25) is 21.8 Å². The van der Waals surface area contributed by atoms with E-state index < -0.39 is 28.5 Å². The lowest BCUT2D eigenvalue weighted by molar-refractivity contribution is -0.140. The van der Waals surface area contributed by atoms with Crippen LogP contribution in [0, 0.1) is 0 Å². The lowest BCUT2D eigenvalue weighted by atomic mass is 9.94. The molecule has 1 atom stereocenters. The summed E-state index contributed by atoms with van der Waals surface area (Å²) in [6.45, 7) is 1.95. The number of carbonyl (C=O) groups excluding carboxylic acids is 2. The van der Waals surface area contributed by atoms with Crippen LogP contribution in [-0.4, -0.2) is 63.7 Å². The van der Waals surface area contributed by atoms with Gasteiger partial charge < -0.3 is 19.7 Å². The SMILES string of the molecule is CCOc1ccc(N(CC(=O)N(Cc2cccc(OC)c2)C(Cc2ccccc2)C(=O)NC2CCCCC2)S(C)(=O)=O)cc1. The first-order chi connectivity index (χ1) is 21.2. The van der Waals surface area contributed by atoms with E-state index in [0.717, 1.165) is 53.8 Å². The van der Waals surface area contributed by atoms with Crippen molar-refractivity contribution in [2.24, 2.45) is 0 Å². The zero-order valence-electron chi connectivity index (χ0n) is 25.8. The highest BCUT2D eigenvalue weighted by Gasteiger charge is 2.34. The predicted octanol–water partition coefficient (Wildman–Crippen LogP) is 4.95. The molecule has 0 heterocycles. The van der Waals surface area contributed by atoms with Crippen molar-refractivity contribution < 1.29 is 27.5 Å². The third-order valence-corrected chi connectivity index (χ3v) is 8.97. The molecule has 1 aliphatic carbocycles. The van der Waals surface area contributed by atoms with Crippen LogP contribution in [0.3, 0.4) is 0 Å². The van der Waals surface area contributed by atoms with Crippen LogP contribution in [0.15, 0.2) is 78.9 Å². The second-order valence-corrected chi connectivity index (χ2v) is 13.0. The van der Waals surface area contributed by atoms with Gasteiger partial charge in [0.1, 0.15) is 24.1 Å². The van der Waals surface area contributed by atoms with Gasteiger partial charge in [-0.15, -0.1) is 0 Å². The summed E-state index contributed by atoms with van der Waals surface area (Å²) in [6, 6.07) is 22.6. The predicted molar refractivity (Wildman–Crippen MR) is 172 cm³/mol. The molecule has 0 aromatic heterocycles. The van der Waals surface area contributed by atoms with E-state index in [4.69, 9.17) is 9.47 Å². The van der Waals surface area contributed by atoms with Gasteiger partial charge in [-0.05, 0) is 67.3 Å². The Kier molecular flexibility index (Phi) is 11.7.